The van der Waals surface area contributed by atoms with Crippen LogP contribution in [0.3, 0.4) is 0 Å². The second-order valence-corrected chi connectivity index (χ2v) is 3.61. The van der Waals surface area contributed by atoms with E-state index in [9.17, 15) is 4.79 Å². The molecule has 0 radical (unpaired) electrons. The molecule has 13 heavy (non-hydrogen) atoms. The predicted molar refractivity (Wildman–Crippen MR) is 51.0 cm³/mol. The van der Waals surface area contributed by atoms with Crippen LogP contribution in [0, 0.1) is 11.8 Å². The van der Waals surface area contributed by atoms with Gasteiger partial charge in [0.05, 0.1) is 12.5 Å². The predicted octanol–water partition coefficient (Wildman–Crippen LogP) is 2.55. The van der Waals surface area contributed by atoms with Crippen molar-refractivity contribution in [2.75, 3.05) is 6.61 Å². The van der Waals surface area contributed by atoms with Crippen molar-refractivity contribution in [1.29, 1.82) is 0 Å². The molecule has 78 valence electrons. The zero-order valence-corrected chi connectivity index (χ0v) is 9.00. The Balaban J connectivity index is 3.50. The molecular formula is C10H20O3. The first kappa shape index (κ1) is 12.4. The molecule has 3 heteroatoms. The van der Waals surface area contributed by atoms with Gasteiger partial charge in [-0.15, -0.1) is 0 Å². The van der Waals surface area contributed by atoms with Crippen molar-refractivity contribution in [3.63, 3.8) is 0 Å². The van der Waals surface area contributed by atoms with Crippen molar-refractivity contribution >= 4 is 5.97 Å². The van der Waals surface area contributed by atoms with Crippen LogP contribution in [0.2, 0.25) is 0 Å². The van der Waals surface area contributed by atoms with Gasteiger partial charge in [0, 0.05) is 0 Å². The third-order valence-electron chi connectivity index (χ3n) is 2.09. The molecule has 1 atom stereocenters. The third-order valence-corrected chi connectivity index (χ3v) is 2.09. The summed E-state index contributed by atoms with van der Waals surface area (Å²) in [5.74, 6) is -0.0741. The number of carbonyl (C=O) groups is 1. The molecule has 0 N–H and O–H groups in total. The van der Waals surface area contributed by atoms with Gasteiger partial charge in [-0.25, -0.2) is 4.79 Å². The highest BCUT2D eigenvalue weighted by Gasteiger charge is 2.18. The Morgan fingerprint density at radius 3 is 2.38 bits per heavy atom. The van der Waals surface area contributed by atoms with E-state index in [4.69, 9.17) is 4.89 Å². The molecule has 0 aromatic rings. The van der Waals surface area contributed by atoms with Crippen LogP contribution in [0.15, 0.2) is 0 Å². The summed E-state index contributed by atoms with van der Waals surface area (Å²) >= 11 is 0. The summed E-state index contributed by atoms with van der Waals surface area (Å²) in [5, 5.41) is 0. The van der Waals surface area contributed by atoms with Gasteiger partial charge >= 0.3 is 5.97 Å². The lowest BCUT2D eigenvalue weighted by Crippen LogP contribution is -2.20. The molecule has 0 aliphatic rings. The van der Waals surface area contributed by atoms with Crippen molar-refractivity contribution in [2.24, 2.45) is 11.8 Å². The minimum absolute atomic E-state index is 0.0957. The van der Waals surface area contributed by atoms with Crippen molar-refractivity contribution < 1.29 is 14.6 Å². The highest BCUT2D eigenvalue weighted by atomic mass is 17.2. The van der Waals surface area contributed by atoms with E-state index >= 15 is 0 Å². The standard InChI is InChI=1S/C10H20O3/c1-5-6-7-12-13-10(11)9(4)8(2)3/h8-9H,5-7H2,1-4H3. The lowest BCUT2D eigenvalue weighted by molar-refractivity contribution is -0.276. The van der Waals surface area contributed by atoms with E-state index in [1.807, 2.05) is 20.8 Å². The van der Waals surface area contributed by atoms with Crippen molar-refractivity contribution in [1.82, 2.24) is 0 Å². The maximum atomic E-state index is 11.2. The zero-order valence-electron chi connectivity index (χ0n) is 9.00. The third kappa shape index (κ3) is 5.64. The minimum atomic E-state index is -0.272. The van der Waals surface area contributed by atoms with Gasteiger partial charge in [0.1, 0.15) is 0 Å². The van der Waals surface area contributed by atoms with Gasteiger partial charge in [0.25, 0.3) is 0 Å². The Morgan fingerprint density at radius 1 is 1.31 bits per heavy atom. The average molecular weight is 188 g/mol. The summed E-state index contributed by atoms with van der Waals surface area (Å²) in [6, 6.07) is 0. The van der Waals surface area contributed by atoms with E-state index in [1.54, 1.807) is 0 Å². The van der Waals surface area contributed by atoms with E-state index in [0.717, 1.165) is 12.8 Å². The maximum absolute atomic E-state index is 11.2. The Bertz CT molecular complexity index is 143. The van der Waals surface area contributed by atoms with E-state index in [0.29, 0.717) is 12.5 Å². The molecule has 0 saturated carbocycles. The highest BCUT2D eigenvalue weighted by Crippen LogP contribution is 2.11. The molecule has 0 heterocycles. The van der Waals surface area contributed by atoms with Gasteiger partial charge in [-0.3, -0.25) is 4.89 Å². The lowest BCUT2D eigenvalue weighted by Gasteiger charge is -2.12. The Hall–Kier alpha value is -0.570. The molecule has 0 rings (SSSR count). The summed E-state index contributed by atoms with van der Waals surface area (Å²) in [4.78, 5) is 20.6. The van der Waals surface area contributed by atoms with E-state index in [2.05, 4.69) is 11.8 Å². The summed E-state index contributed by atoms with van der Waals surface area (Å²) in [7, 11) is 0. The van der Waals surface area contributed by atoms with Crippen LogP contribution in [0.1, 0.15) is 40.5 Å². The maximum Gasteiger partial charge on any atom is 0.345 e. The van der Waals surface area contributed by atoms with Gasteiger partial charge in [-0.2, -0.15) is 4.89 Å². The first-order valence-corrected chi connectivity index (χ1v) is 4.92. The van der Waals surface area contributed by atoms with Gasteiger partial charge in [0.2, 0.25) is 0 Å². The second-order valence-electron chi connectivity index (χ2n) is 3.61. The van der Waals surface area contributed by atoms with Crippen LogP contribution in [0.4, 0.5) is 0 Å². The van der Waals surface area contributed by atoms with Crippen LogP contribution in [-0.4, -0.2) is 12.6 Å². The first-order valence-electron chi connectivity index (χ1n) is 4.92. The molecule has 0 saturated heterocycles. The number of rotatable bonds is 6. The Labute approximate surface area is 80.3 Å². The molecule has 0 fully saturated rings. The lowest BCUT2D eigenvalue weighted by atomic mass is 9.99. The van der Waals surface area contributed by atoms with Crippen LogP contribution in [0.25, 0.3) is 0 Å². The van der Waals surface area contributed by atoms with Crippen LogP contribution in [0.5, 0.6) is 0 Å². The van der Waals surface area contributed by atoms with Crippen LogP contribution in [-0.2, 0) is 14.6 Å². The molecule has 1 unspecified atom stereocenters. The average Bonchev–Trinajstić information content (AvgIpc) is 2.10. The Morgan fingerprint density at radius 2 is 1.92 bits per heavy atom. The number of carbonyl (C=O) groups excluding carboxylic acids is 1. The molecule has 0 aromatic carbocycles. The first-order chi connectivity index (χ1) is 6.09. The molecule has 0 spiro atoms. The van der Waals surface area contributed by atoms with E-state index in [-0.39, 0.29) is 11.9 Å². The number of unbranched alkanes of at least 4 members (excludes halogenated alkanes) is 1. The van der Waals surface area contributed by atoms with E-state index < -0.39 is 0 Å². The largest absolute Gasteiger partial charge is 0.345 e. The zero-order chi connectivity index (χ0) is 10.3. The number of hydrogen-bond acceptors (Lipinski definition) is 3. The quantitative estimate of drug-likeness (QED) is 0.365. The molecule has 0 bridgehead atoms. The summed E-state index contributed by atoms with van der Waals surface area (Å²) in [6.45, 7) is 8.36. The fourth-order valence-corrected chi connectivity index (χ4v) is 0.651. The fraction of sp³-hybridized carbons (Fsp3) is 0.900. The van der Waals surface area contributed by atoms with Crippen molar-refractivity contribution in [3.8, 4) is 0 Å². The SMILES string of the molecule is CCCCOOC(=O)C(C)C(C)C. The number of hydrogen-bond donors (Lipinski definition) is 0. The monoisotopic (exact) mass is 188 g/mol. The van der Waals surface area contributed by atoms with E-state index in [1.165, 1.54) is 0 Å². The highest BCUT2D eigenvalue weighted by molar-refractivity contribution is 5.71. The summed E-state index contributed by atoms with van der Waals surface area (Å²) in [5.41, 5.74) is 0. The molecule has 0 amide bonds. The van der Waals surface area contributed by atoms with Gasteiger partial charge < -0.3 is 0 Å². The summed E-state index contributed by atoms with van der Waals surface area (Å²) < 4.78 is 0. The topological polar surface area (TPSA) is 35.5 Å². The molecule has 3 nitrogen and oxygen atoms in total. The van der Waals surface area contributed by atoms with Gasteiger partial charge in [-0.1, -0.05) is 34.1 Å². The minimum Gasteiger partial charge on any atom is -0.298 e. The molecule has 0 aromatic heterocycles. The molecule has 0 aliphatic heterocycles. The summed E-state index contributed by atoms with van der Waals surface area (Å²) in [6.07, 6.45) is 1.96. The van der Waals surface area contributed by atoms with Gasteiger partial charge in [0.15, 0.2) is 0 Å². The smallest absolute Gasteiger partial charge is 0.298 e. The van der Waals surface area contributed by atoms with Crippen LogP contribution >= 0.6 is 0 Å². The normalized spacial score (nSPS) is 13.0. The molecular weight excluding hydrogens is 168 g/mol. The molecule has 0 aliphatic carbocycles. The van der Waals surface area contributed by atoms with Crippen LogP contribution < -0.4 is 0 Å². The van der Waals surface area contributed by atoms with Crippen molar-refractivity contribution in [2.45, 2.75) is 40.5 Å². The van der Waals surface area contributed by atoms with Gasteiger partial charge in [-0.05, 0) is 12.3 Å². The fourth-order valence-electron chi connectivity index (χ4n) is 0.651. The second kappa shape index (κ2) is 6.89. The van der Waals surface area contributed by atoms with Crippen molar-refractivity contribution in [3.05, 3.63) is 0 Å². The Kier molecular flexibility index (Phi) is 6.59.